The number of benzene rings is 1. The van der Waals surface area contributed by atoms with Gasteiger partial charge in [-0.1, -0.05) is 44.4 Å². The van der Waals surface area contributed by atoms with Crippen molar-refractivity contribution in [2.45, 2.75) is 57.5 Å². The highest BCUT2D eigenvalue weighted by Gasteiger charge is 2.25. The maximum atomic E-state index is 12.3. The van der Waals surface area contributed by atoms with Gasteiger partial charge in [-0.25, -0.2) is 0 Å². The molecule has 0 amide bonds. The van der Waals surface area contributed by atoms with Gasteiger partial charge in [-0.05, 0) is 31.4 Å². The fourth-order valence-electron chi connectivity index (χ4n) is 2.35. The maximum Gasteiger partial charge on any atom is 0.306 e. The molecule has 1 rings (SSSR count). The van der Waals surface area contributed by atoms with Gasteiger partial charge >= 0.3 is 5.97 Å². The van der Waals surface area contributed by atoms with E-state index in [9.17, 15) is 13.2 Å². The minimum Gasteiger partial charge on any atom is -0.481 e. The summed E-state index contributed by atoms with van der Waals surface area (Å²) in [4.78, 5) is 11.0. The van der Waals surface area contributed by atoms with Gasteiger partial charge in [-0.3, -0.25) is 8.98 Å². The van der Waals surface area contributed by atoms with Crippen molar-refractivity contribution < 1.29 is 22.5 Å². The Morgan fingerprint density at radius 1 is 1.27 bits per heavy atom. The van der Waals surface area contributed by atoms with Crippen molar-refractivity contribution in [1.82, 2.24) is 0 Å². The molecular weight excluding hydrogens is 304 g/mol. The van der Waals surface area contributed by atoms with E-state index in [2.05, 4.69) is 0 Å². The van der Waals surface area contributed by atoms with E-state index >= 15 is 0 Å². The lowest BCUT2D eigenvalue weighted by Crippen LogP contribution is -2.24. The molecule has 1 N–H and O–H groups in total. The van der Waals surface area contributed by atoms with Crippen LogP contribution in [0.3, 0.4) is 0 Å². The van der Waals surface area contributed by atoms with E-state index in [0.717, 1.165) is 18.4 Å². The van der Waals surface area contributed by atoms with Gasteiger partial charge in [-0.15, -0.1) is 0 Å². The molecule has 0 radical (unpaired) electrons. The molecule has 1 aromatic rings. The number of carbonyl (C=O) groups is 1. The van der Waals surface area contributed by atoms with Gasteiger partial charge in [0, 0.05) is 0 Å². The van der Waals surface area contributed by atoms with E-state index in [0.29, 0.717) is 6.42 Å². The first-order chi connectivity index (χ1) is 10.2. The average molecular weight is 328 g/mol. The first-order valence-electron chi connectivity index (χ1n) is 7.46. The minimum absolute atomic E-state index is 0.0524. The van der Waals surface area contributed by atoms with Crippen molar-refractivity contribution in [3.05, 3.63) is 29.8 Å². The number of carboxylic acid groups (broad SMARTS) is 1. The van der Waals surface area contributed by atoms with Crippen LogP contribution in [0.15, 0.2) is 29.2 Å². The van der Waals surface area contributed by atoms with Crippen LogP contribution in [0.4, 0.5) is 0 Å². The molecular formula is C16H24O5S. The van der Waals surface area contributed by atoms with Gasteiger partial charge in [0.15, 0.2) is 0 Å². The van der Waals surface area contributed by atoms with Crippen molar-refractivity contribution in [3.8, 4) is 0 Å². The standard InChI is InChI=1S/C16H24O5S/c1-4-5-13(3)10-14(11-16(17)18)21-22(19,20)15-8-6-12(2)7-9-15/h6-9,13-14H,4-5,10-11H2,1-3H3,(H,17,18)/t13-,14?/m1/s1. The Morgan fingerprint density at radius 2 is 1.86 bits per heavy atom. The highest BCUT2D eigenvalue weighted by Crippen LogP contribution is 2.22. The fourth-order valence-corrected chi connectivity index (χ4v) is 3.44. The number of hydrogen-bond donors (Lipinski definition) is 1. The van der Waals surface area contributed by atoms with E-state index in [1.165, 1.54) is 12.1 Å². The lowest BCUT2D eigenvalue weighted by molar-refractivity contribution is -0.138. The summed E-state index contributed by atoms with van der Waals surface area (Å²) < 4.78 is 29.7. The van der Waals surface area contributed by atoms with Crippen molar-refractivity contribution in [2.75, 3.05) is 0 Å². The maximum absolute atomic E-state index is 12.3. The normalized spacial score (nSPS) is 14.5. The molecule has 0 aliphatic heterocycles. The smallest absolute Gasteiger partial charge is 0.306 e. The second kappa shape index (κ2) is 8.29. The number of carboxylic acids is 1. The van der Waals surface area contributed by atoms with Crippen LogP contribution in [-0.2, 0) is 19.1 Å². The third kappa shape index (κ3) is 6.15. The lowest BCUT2D eigenvalue weighted by atomic mass is 9.97. The Hall–Kier alpha value is -1.40. The van der Waals surface area contributed by atoms with Crippen molar-refractivity contribution in [2.24, 2.45) is 5.92 Å². The molecule has 0 aliphatic carbocycles. The summed E-state index contributed by atoms with van der Waals surface area (Å²) in [6.45, 7) is 5.86. The largest absolute Gasteiger partial charge is 0.481 e. The Bertz CT molecular complexity index is 577. The summed E-state index contributed by atoms with van der Waals surface area (Å²) in [6, 6.07) is 6.31. The van der Waals surface area contributed by atoms with E-state index in [4.69, 9.17) is 9.29 Å². The monoisotopic (exact) mass is 328 g/mol. The van der Waals surface area contributed by atoms with E-state index in [1.807, 2.05) is 20.8 Å². The SMILES string of the molecule is CCC[C@@H](C)CC(CC(=O)O)OS(=O)(=O)c1ccc(C)cc1. The highest BCUT2D eigenvalue weighted by molar-refractivity contribution is 7.86. The molecule has 2 atom stereocenters. The van der Waals surface area contributed by atoms with Crippen molar-refractivity contribution in [1.29, 1.82) is 0 Å². The van der Waals surface area contributed by atoms with Crippen LogP contribution in [0, 0.1) is 12.8 Å². The van der Waals surface area contributed by atoms with E-state index in [-0.39, 0.29) is 17.2 Å². The zero-order chi connectivity index (χ0) is 16.8. The zero-order valence-corrected chi connectivity index (χ0v) is 14.1. The molecule has 0 bridgehead atoms. The summed E-state index contributed by atoms with van der Waals surface area (Å²) >= 11 is 0. The summed E-state index contributed by atoms with van der Waals surface area (Å²) in [6.07, 6.45) is 1.12. The molecule has 0 fully saturated rings. The topological polar surface area (TPSA) is 80.7 Å². The fraction of sp³-hybridized carbons (Fsp3) is 0.562. The van der Waals surface area contributed by atoms with Crippen LogP contribution >= 0.6 is 0 Å². The second-order valence-electron chi connectivity index (χ2n) is 5.71. The third-order valence-corrected chi connectivity index (χ3v) is 4.80. The van der Waals surface area contributed by atoms with Crippen molar-refractivity contribution >= 4 is 16.1 Å². The summed E-state index contributed by atoms with van der Waals surface area (Å²) in [5.74, 6) is -0.852. The van der Waals surface area contributed by atoms with E-state index < -0.39 is 22.2 Å². The first kappa shape index (κ1) is 18.6. The first-order valence-corrected chi connectivity index (χ1v) is 8.87. The van der Waals surface area contributed by atoms with Crippen LogP contribution in [0.2, 0.25) is 0 Å². The van der Waals surface area contributed by atoms with Crippen LogP contribution < -0.4 is 0 Å². The van der Waals surface area contributed by atoms with Crippen LogP contribution in [0.5, 0.6) is 0 Å². The predicted molar refractivity (Wildman–Crippen MR) is 84.2 cm³/mol. The second-order valence-corrected chi connectivity index (χ2v) is 7.28. The number of rotatable bonds is 9. The number of aliphatic carboxylic acids is 1. The molecule has 0 saturated heterocycles. The van der Waals surface area contributed by atoms with Gasteiger partial charge in [-0.2, -0.15) is 8.42 Å². The van der Waals surface area contributed by atoms with Crippen LogP contribution in [0.25, 0.3) is 0 Å². The molecule has 0 heterocycles. The van der Waals surface area contributed by atoms with Gasteiger partial charge in [0.1, 0.15) is 0 Å². The predicted octanol–water partition coefficient (Wildman–Crippen LogP) is 3.37. The average Bonchev–Trinajstić information content (AvgIpc) is 2.37. The van der Waals surface area contributed by atoms with Gasteiger partial charge in [0.2, 0.25) is 0 Å². The zero-order valence-electron chi connectivity index (χ0n) is 13.3. The molecule has 22 heavy (non-hydrogen) atoms. The molecule has 1 aromatic carbocycles. The molecule has 0 aromatic heterocycles. The molecule has 0 saturated carbocycles. The Labute approximate surface area is 132 Å². The lowest BCUT2D eigenvalue weighted by Gasteiger charge is -2.19. The molecule has 5 nitrogen and oxygen atoms in total. The van der Waals surface area contributed by atoms with Crippen LogP contribution in [0.1, 0.15) is 45.1 Å². The molecule has 1 unspecified atom stereocenters. The van der Waals surface area contributed by atoms with E-state index in [1.54, 1.807) is 12.1 Å². The minimum atomic E-state index is -3.95. The van der Waals surface area contributed by atoms with Crippen molar-refractivity contribution in [3.63, 3.8) is 0 Å². The molecule has 0 aliphatic rings. The Kier molecular flexibility index (Phi) is 7.03. The van der Waals surface area contributed by atoms with Gasteiger partial charge in [0.05, 0.1) is 17.4 Å². The van der Waals surface area contributed by atoms with Gasteiger partial charge in [0.25, 0.3) is 10.1 Å². The Balaban J connectivity index is 2.86. The quantitative estimate of drug-likeness (QED) is 0.703. The number of hydrogen-bond acceptors (Lipinski definition) is 4. The molecule has 6 heteroatoms. The summed E-state index contributed by atoms with van der Waals surface area (Å²) in [7, 11) is -3.95. The highest BCUT2D eigenvalue weighted by atomic mass is 32.2. The van der Waals surface area contributed by atoms with Gasteiger partial charge < -0.3 is 5.11 Å². The third-order valence-electron chi connectivity index (χ3n) is 3.42. The number of aryl methyl sites for hydroxylation is 1. The summed E-state index contributed by atoms with van der Waals surface area (Å²) in [5.41, 5.74) is 0.942. The summed E-state index contributed by atoms with van der Waals surface area (Å²) in [5, 5.41) is 8.96. The molecule has 0 spiro atoms. The Morgan fingerprint density at radius 3 is 2.36 bits per heavy atom. The van der Waals surface area contributed by atoms with Crippen LogP contribution in [-0.4, -0.2) is 25.6 Å². The molecule has 124 valence electrons.